The van der Waals surface area contributed by atoms with Crippen molar-refractivity contribution in [1.82, 2.24) is 0 Å². The fraction of sp³-hybridized carbons (Fsp3) is 0.154. The monoisotopic (exact) mass is 415 g/mol. The molecule has 1 aliphatic heterocycles. The number of carbonyl (C=O) groups is 2. The first-order chi connectivity index (χ1) is 14.5. The molecule has 1 heterocycles. The van der Waals surface area contributed by atoms with E-state index in [9.17, 15) is 9.59 Å². The van der Waals surface area contributed by atoms with Gasteiger partial charge in [0.2, 0.25) is 0 Å². The number of anilines is 1. The van der Waals surface area contributed by atoms with Crippen molar-refractivity contribution in [3.63, 3.8) is 0 Å². The standard InChI is InChI=1S/C26H22ClNO2/c1-17-23(18(2)29)24(19-9-5-3-6-10-19)25(26(30)20-11-7-4-8-12-20)28(17)22-15-13-21(27)14-16-22/h3-16,24-25H,1-2H3. The Morgan fingerprint density at radius 2 is 1.40 bits per heavy atom. The van der Waals surface area contributed by atoms with Gasteiger partial charge in [0.1, 0.15) is 6.04 Å². The first-order valence-electron chi connectivity index (χ1n) is 9.89. The molecule has 3 nitrogen and oxygen atoms in total. The minimum atomic E-state index is -0.560. The molecular formula is C26H22ClNO2. The van der Waals surface area contributed by atoms with Crippen molar-refractivity contribution in [3.05, 3.63) is 112 Å². The summed E-state index contributed by atoms with van der Waals surface area (Å²) in [6.07, 6.45) is 0. The van der Waals surface area contributed by atoms with Gasteiger partial charge in [-0.1, -0.05) is 72.3 Å². The van der Waals surface area contributed by atoms with Gasteiger partial charge in [0.05, 0.1) is 0 Å². The molecular weight excluding hydrogens is 394 g/mol. The molecule has 150 valence electrons. The third-order valence-electron chi connectivity index (χ3n) is 5.63. The van der Waals surface area contributed by atoms with Gasteiger partial charge in [-0.3, -0.25) is 9.59 Å². The number of rotatable bonds is 5. The molecule has 0 aromatic heterocycles. The molecule has 0 saturated heterocycles. The zero-order valence-corrected chi connectivity index (χ0v) is 17.6. The summed E-state index contributed by atoms with van der Waals surface area (Å²) in [7, 11) is 0. The fourth-order valence-electron chi connectivity index (χ4n) is 4.35. The minimum Gasteiger partial charge on any atom is -0.333 e. The zero-order valence-electron chi connectivity index (χ0n) is 16.9. The average molecular weight is 416 g/mol. The highest BCUT2D eigenvalue weighted by Gasteiger charge is 2.46. The van der Waals surface area contributed by atoms with Crippen molar-refractivity contribution >= 4 is 28.9 Å². The van der Waals surface area contributed by atoms with Crippen molar-refractivity contribution in [2.24, 2.45) is 0 Å². The summed E-state index contributed by atoms with van der Waals surface area (Å²) in [6.45, 7) is 3.49. The van der Waals surface area contributed by atoms with E-state index in [1.54, 1.807) is 19.1 Å². The molecule has 30 heavy (non-hydrogen) atoms. The van der Waals surface area contributed by atoms with E-state index in [0.717, 1.165) is 16.9 Å². The second-order valence-electron chi connectivity index (χ2n) is 7.47. The summed E-state index contributed by atoms with van der Waals surface area (Å²) in [5.74, 6) is -0.397. The molecule has 0 spiro atoms. The van der Waals surface area contributed by atoms with Crippen LogP contribution in [-0.2, 0) is 4.79 Å². The van der Waals surface area contributed by atoms with Crippen LogP contribution in [0, 0.1) is 0 Å². The van der Waals surface area contributed by atoms with Crippen LogP contribution in [0.25, 0.3) is 0 Å². The molecule has 0 aliphatic carbocycles. The summed E-state index contributed by atoms with van der Waals surface area (Å²) < 4.78 is 0. The van der Waals surface area contributed by atoms with E-state index >= 15 is 0 Å². The van der Waals surface area contributed by atoms with Crippen LogP contribution in [0.4, 0.5) is 5.69 Å². The van der Waals surface area contributed by atoms with Crippen LogP contribution in [-0.4, -0.2) is 17.6 Å². The van der Waals surface area contributed by atoms with Gasteiger partial charge in [0, 0.05) is 33.5 Å². The number of allylic oxidation sites excluding steroid dienone is 1. The third-order valence-corrected chi connectivity index (χ3v) is 5.88. The normalized spacial score (nSPS) is 18.6. The van der Waals surface area contributed by atoms with Gasteiger partial charge in [-0.15, -0.1) is 0 Å². The van der Waals surface area contributed by atoms with Crippen LogP contribution in [0.15, 0.2) is 96.2 Å². The molecule has 0 bridgehead atoms. The van der Waals surface area contributed by atoms with Crippen molar-refractivity contribution in [2.75, 3.05) is 4.90 Å². The third kappa shape index (κ3) is 3.57. The minimum absolute atomic E-state index is 0.0185. The number of ketones is 2. The van der Waals surface area contributed by atoms with Gasteiger partial charge >= 0.3 is 0 Å². The van der Waals surface area contributed by atoms with E-state index in [4.69, 9.17) is 11.6 Å². The molecule has 3 aromatic carbocycles. The molecule has 2 unspecified atom stereocenters. The molecule has 1 aliphatic rings. The Balaban J connectivity index is 1.93. The SMILES string of the molecule is CC(=O)C1=C(C)N(c2ccc(Cl)cc2)C(C(=O)c2ccccc2)C1c1ccccc1. The van der Waals surface area contributed by atoms with E-state index in [0.29, 0.717) is 16.2 Å². The number of Topliss-reactive ketones (excluding diaryl/α,β-unsaturated/α-hetero) is 2. The lowest BCUT2D eigenvalue weighted by molar-refractivity contribution is -0.113. The Kier molecular flexibility index (Phi) is 5.56. The van der Waals surface area contributed by atoms with Gasteiger partial charge in [-0.25, -0.2) is 0 Å². The Morgan fingerprint density at radius 3 is 1.97 bits per heavy atom. The second kappa shape index (κ2) is 8.29. The molecule has 3 aromatic rings. The van der Waals surface area contributed by atoms with Crippen LogP contribution >= 0.6 is 11.6 Å². The summed E-state index contributed by atoms with van der Waals surface area (Å²) in [5, 5.41) is 0.622. The van der Waals surface area contributed by atoms with Crippen LogP contribution in [0.1, 0.15) is 35.7 Å². The summed E-state index contributed by atoms with van der Waals surface area (Å²) >= 11 is 6.10. The Hall–Kier alpha value is -3.17. The fourth-order valence-corrected chi connectivity index (χ4v) is 4.48. The number of nitrogens with zero attached hydrogens (tertiary/aromatic N) is 1. The van der Waals surface area contributed by atoms with Crippen LogP contribution in [0.3, 0.4) is 0 Å². The van der Waals surface area contributed by atoms with Crippen molar-refractivity contribution < 1.29 is 9.59 Å². The van der Waals surface area contributed by atoms with Crippen molar-refractivity contribution in [1.29, 1.82) is 0 Å². The quantitative estimate of drug-likeness (QED) is 0.475. The lowest BCUT2D eigenvalue weighted by atomic mass is 9.82. The predicted molar refractivity (Wildman–Crippen MR) is 121 cm³/mol. The van der Waals surface area contributed by atoms with Gasteiger partial charge in [0.25, 0.3) is 0 Å². The molecule has 0 saturated carbocycles. The van der Waals surface area contributed by atoms with Crippen molar-refractivity contribution in [3.8, 4) is 0 Å². The Morgan fingerprint density at radius 1 is 0.833 bits per heavy atom. The number of hydrogen-bond acceptors (Lipinski definition) is 3. The molecule has 0 radical (unpaired) electrons. The number of hydrogen-bond donors (Lipinski definition) is 0. The number of halogens is 1. The zero-order chi connectivity index (χ0) is 21.3. The van der Waals surface area contributed by atoms with E-state index < -0.39 is 6.04 Å². The lowest BCUT2D eigenvalue weighted by Gasteiger charge is -2.31. The van der Waals surface area contributed by atoms with E-state index in [-0.39, 0.29) is 17.5 Å². The first kappa shape index (κ1) is 20.1. The Bertz CT molecular complexity index is 1100. The van der Waals surface area contributed by atoms with E-state index in [2.05, 4.69) is 0 Å². The first-order valence-corrected chi connectivity index (χ1v) is 10.3. The van der Waals surface area contributed by atoms with Gasteiger partial charge < -0.3 is 4.90 Å². The maximum absolute atomic E-state index is 13.8. The molecule has 0 fully saturated rings. The predicted octanol–water partition coefficient (Wildman–Crippen LogP) is 6.06. The van der Waals surface area contributed by atoms with Gasteiger partial charge in [-0.05, 0) is 43.7 Å². The second-order valence-corrected chi connectivity index (χ2v) is 7.90. The molecule has 4 heteroatoms. The summed E-state index contributed by atoms with van der Waals surface area (Å²) in [4.78, 5) is 28.5. The maximum Gasteiger partial charge on any atom is 0.186 e. The highest BCUT2D eigenvalue weighted by Crippen LogP contribution is 2.45. The summed E-state index contributed by atoms with van der Waals surface area (Å²) in [5.41, 5.74) is 3.88. The van der Waals surface area contributed by atoms with Crippen LogP contribution in [0.2, 0.25) is 5.02 Å². The average Bonchev–Trinajstić information content (AvgIpc) is 3.08. The number of benzene rings is 3. The molecule has 0 N–H and O–H groups in total. The topological polar surface area (TPSA) is 37.4 Å². The molecule has 2 atom stereocenters. The maximum atomic E-state index is 13.8. The lowest BCUT2D eigenvalue weighted by Crippen LogP contribution is -2.40. The van der Waals surface area contributed by atoms with Gasteiger partial charge in [0.15, 0.2) is 11.6 Å². The highest BCUT2D eigenvalue weighted by molar-refractivity contribution is 6.30. The number of carbonyl (C=O) groups excluding carboxylic acids is 2. The molecule has 4 rings (SSSR count). The smallest absolute Gasteiger partial charge is 0.186 e. The highest BCUT2D eigenvalue weighted by atomic mass is 35.5. The molecule has 0 amide bonds. The Labute approximate surface area is 181 Å². The van der Waals surface area contributed by atoms with Crippen LogP contribution in [0.5, 0.6) is 0 Å². The largest absolute Gasteiger partial charge is 0.333 e. The van der Waals surface area contributed by atoms with Crippen LogP contribution < -0.4 is 4.90 Å². The van der Waals surface area contributed by atoms with E-state index in [1.807, 2.05) is 84.6 Å². The van der Waals surface area contributed by atoms with Crippen molar-refractivity contribution in [2.45, 2.75) is 25.8 Å². The van der Waals surface area contributed by atoms with E-state index in [1.165, 1.54) is 0 Å². The summed E-state index contributed by atoms with van der Waals surface area (Å²) in [6, 6.07) is 25.9. The van der Waals surface area contributed by atoms with Gasteiger partial charge in [-0.2, -0.15) is 0 Å².